The summed E-state index contributed by atoms with van der Waals surface area (Å²) in [5.74, 6) is 2.32. The van der Waals surface area contributed by atoms with E-state index in [1.165, 1.54) is 17.5 Å². The Morgan fingerprint density at radius 3 is 2.72 bits per heavy atom. The predicted molar refractivity (Wildman–Crippen MR) is 76.2 cm³/mol. The van der Waals surface area contributed by atoms with Crippen LogP contribution in [0.4, 0.5) is 0 Å². The fourth-order valence-corrected chi connectivity index (χ4v) is 2.78. The van der Waals surface area contributed by atoms with Crippen LogP contribution in [-0.2, 0) is 0 Å². The minimum Gasteiger partial charge on any atom is -0.494 e. The van der Waals surface area contributed by atoms with Crippen LogP contribution < -0.4 is 10.1 Å². The molecule has 0 unspecified atom stereocenters. The van der Waals surface area contributed by atoms with Crippen molar-refractivity contribution in [2.24, 2.45) is 5.92 Å². The lowest BCUT2D eigenvalue weighted by molar-refractivity contribution is 0.339. The molecule has 0 aliphatic carbocycles. The van der Waals surface area contributed by atoms with Gasteiger partial charge in [-0.05, 0) is 55.0 Å². The molecule has 2 rings (SSSR count). The average molecular weight is 247 g/mol. The molecule has 1 aliphatic rings. The summed E-state index contributed by atoms with van der Waals surface area (Å²) in [6, 6.07) is 7.09. The van der Waals surface area contributed by atoms with Crippen molar-refractivity contribution in [2.75, 3.05) is 13.2 Å². The third-order valence-electron chi connectivity index (χ3n) is 3.72. The van der Waals surface area contributed by atoms with E-state index in [-0.39, 0.29) is 0 Å². The molecule has 0 amide bonds. The lowest BCUT2D eigenvalue weighted by atomic mass is 9.91. The largest absolute Gasteiger partial charge is 0.494 e. The van der Waals surface area contributed by atoms with Gasteiger partial charge in [-0.15, -0.1) is 0 Å². The zero-order chi connectivity index (χ0) is 13.1. The molecule has 2 atom stereocenters. The van der Waals surface area contributed by atoms with Crippen LogP contribution in [-0.4, -0.2) is 13.2 Å². The van der Waals surface area contributed by atoms with Gasteiger partial charge in [0.05, 0.1) is 6.61 Å². The number of ether oxygens (including phenoxy) is 1. The zero-order valence-corrected chi connectivity index (χ0v) is 12.0. The fourth-order valence-electron chi connectivity index (χ4n) is 2.78. The highest BCUT2D eigenvalue weighted by atomic mass is 16.5. The first-order valence-corrected chi connectivity index (χ1v) is 7.11. The molecule has 0 radical (unpaired) electrons. The Balaban J connectivity index is 2.28. The summed E-state index contributed by atoms with van der Waals surface area (Å²) in [5, 5.41) is 3.63. The van der Waals surface area contributed by atoms with Gasteiger partial charge in [-0.3, -0.25) is 0 Å². The molecular weight excluding hydrogens is 222 g/mol. The second kappa shape index (κ2) is 5.75. The number of nitrogens with one attached hydrogen (secondary N) is 1. The molecule has 1 fully saturated rings. The van der Waals surface area contributed by atoms with Gasteiger partial charge in [0.2, 0.25) is 0 Å². The van der Waals surface area contributed by atoms with Crippen molar-refractivity contribution in [3.05, 3.63) is 29.3 Å². The minimum absolute atomic E-state index is 0.521. The monoisotopic (exact) mass is 247 g/mol. The van der Waals surface area contributed by atoms with Crippen LogP contribution in [0.25, 0.3) is 0 Å². The van der Waals surface area contributed by atoms with Gasteiger partial charge in [-0.2, -0.15) is 0 Å². The molecule has 1 aromatic carbocycles. The highest BCUT2D eigenvalue weighted by Crippen LogP contribution is 2.34. The maximum Gasteiger partial charge on any atom is 0.119 e. The van der Waals surface area contributed by atoms with Crippen molar-refractivity contribution in [1.29, 1.82) is 0 Å². The van der Waals surface area contributed by atoms with Crippen molar-refractivity contribution < 1.29 is 4.74 Å². The van der Waals surface area contributed by atoms with Crippen molar-refractivity contribution in [1.82, 2.24) is 5.32 Å². The molecule has 2 heteroatoms. The van der Waals surface area contributed by atoms with E-state index in [2.05, 4.69) is 44.3 Å². The van der Waals surface area contributed by atoms with Crippen LogP contribution >= 0.6 is 0 Å². The number of hydrogen-bond acceptors (Lipinski definition) is 2. The van der Waals surface area contributed by atoms with Crippen LogP contribution in [0.15, 0.2) is 18.2 Å². The van der Waals surface area contributed by atoms with Crippen LogP contribution in [0.3, 0.4) is 0 Å². The van der Waals surface area contributed by atoms with E-state index in [1.54, 1.807) is 0 Å². The van der Waals surface area contributed by atoms with E-state index in [0.717, 1.165) is 24.8 Å². The number of rotatable bonds is 4. The molecule has 0 spiro atoms. The normalized spacial score (nSPS) is 23.6. The van der Waals surface area contributed by atoms with Crippen LogP contribution in [0.2, 0.25) is 0 Å². The molecule has 0 saturated carbocycles. The van der Waals surface area contributed by atoms with Gasteiger partial charge >= 0.3 is 0 Å². The van der Waals surface area contributed by atoms with E-state index in [9.17, 15) is 0 Å². The average Bonchev–Trinajstić information content (AvgIpc) is 2.76. The smallest absolute Gasteiger partial charge is 0.119 e. The van der Waals surface area contributed by atoms with E-state index < -0.39 is 0 Å². The standard InChI is InChI=1S/C16H25NO/c1-5-18-13-6-7-14(15(9-13)11(2)3)16-8-12(4)10-17-16/h6-7,9,11-12,16-17H,5,8,10H2,1-4H3/t12-,16+/m0/s1. The third kappa shape index (κ3) is 2.86. The van der Waals surface area contributed by atoms with Crippen LogP contribution in [0.1, 0.15) is 57.2 Å². The topological polar surface area (TPSA) is 21.3 Å². The Morgan fingerprint density at radius 2 is 2.17 bits per heavy atom. The third-order valence-corrected chi connectivity index (χ3v) is 3.72. The van der Waals surface area contributed by atoms with Crippen LogP contribution in [0, 0.1) is 5.92 Å². The van der Waals surface area contributed by atoms with E-state index in [4.69, 9.17) is 4.74 Å². The second-order valence-electron chi connectivity index (χ2n) is 5.68. The molecule has 18 heavy (non-hydrogen) atoms. The van der Waals surface area contributed by atoms with Crippen molar-refractivity contribution in [3.63, 3.8) is 0 Å². The minimum atomic E-state index is 0.521. The summed E-state index contributed by atoms with van der Waals surface area (Å²) in [4.78, 5) is 0. The molecule has 1 aromatic rings. The van der Waals surface area contributed by atoms with Crippen molar-refractivity contribution in [2.45, 2.75) is 46.1 Å². The van der Waals surface area contributed by atoms with Gasteiger partial charge in [0.25, 0.3) is 0 Å². The lowest BCUT2D eigenvalue weighted by Gasteiger charge is -2.19. The first-order chi connectivity index (χ1) is 8.61. The molecule has 100 valence electrons. The SMILES string of the molecule is CCOc1ccc([C@H]2C[C@H](C)CN2)c(C(C)C)c1. The Labute approximate surface area is 111 Å². The number of hydrogen-bond donors (Lipinski definition) is 1. The molecule has 0 bridgehead atoms. The molecule has 1 heterocycles. The van der Waals surface area contributed by atoms with E-state index in [1.807, 2.05) is 6.92 Å². The first-order valence-electron chi connectivity index (χ1n) is 7.11. The van der Waals surface area contributed by atoms with Gasteiger partial charge in [0.1, 0.15) is 5.75 Å². The first kappa shape index (κ1) is 13.4. The summed E-state index contributed by atoms with van der Waals surface area (Å²) in [6.07, 6.45) is 1.24. The lowest BCUT2D eigenvalue weighted by Crippen LogP contribution is -2.15. The van der Waals surface area contributed by atoms with Gasteiger partial charge in [0, 0.05) is 6.04 Å². The maximum absolute atomic E-state index is 5.62. The quantitative estimate of drug-likeness (QED) is 0.872. The Bertz CT molecular complexity index is 400. The summed E-state index contributed by atoms with van der Waals surface area (Å²) >= 11 is 0. The second-order valence-corrected chi connectivity index (χ2v) is 5.68. The van der Waals surface area contributed by atoms with Gasteiger partial charge in [0.15, 0.2) is 0 Å². The molecule has 2 nitrogen and oxygen atoms in total. The summed E-state index contributed by atoms with van der Waals surface area (Å²) in [5.41, 5.74) is 2.88. The summed E-state index contributed by atoms with van der Waals surface area (Å²) in [7, 11) is 0. The van der Waals surface area contributed by atoms with Gasteiger partial charge in [-0.1, -0.05) is 26.8 Å². The maximum atomic E-state index is 5.62. The molecule has 1 aliphatic heterocycles. The summed E-state index contributed by atoms with van der Waals surface area (Å²) in [6.45, 7) is 10.7. The fraction of sp³-hybridized carbons (Fsp3) is 0.625. The summed E-state index contributed by atoms with van der Waals surface area (Å²) < 4.78 is 5.62. The van der Waals surface area contributed by atoms with Crippen LogP contribution in [0.5, 0.6) is 5.75 Å². The highest BCUT2D eigenvalue weighted by Gasteiger charge is 2.24. The van der Waals surface area contributed by atoms with Crippen molar-refractivity contribution in [3.8, 4) is 5.75 Å². The van der Waals surface area contributed by atoms with Gasteiger partial charge < -0.3 is 10.1 Å². The highest BCUT2D eigenvalue weighted by molar-refractivity contribution is 5.39. The van der Waals surface area contributed by atoms with E-state index >= 15 is 0 Å². The van der Waals surface area contributed by atoms with Gasteiger partial charge in [-0.25, -0.2) is 0 Å². The van der Waals surface area contributed by atoms with Crippen molar-refractivity contribution >= 4 is 0 Å². The van der Waals surface area contributed by atoms with E-state index in [0.29, 0.717) is 12.0 Å². The number of benzene rings is 1. The Hall–Kier alpha value is -1.02. The zero-order valence-electron chi connectivity index (χ0n) is 12.0. The predicted octanol–water partition coefficient (Wildman–Crippen LogP) is 3.88. The molecule has 0 aromatic heterocycles. The molecular formula is C16H25NO. The Morgan fingerprint density at radius 1 is 1.39 bits per heavy atom. The molecule has 1 saturated heterocycles. The molecule has 1 N–H and O–H groups in total. The Kier molecular flexibility index (Phi) is 4.28.